The number of aromatic nitrogens is 1. The van der Waals surface area contributed by atoms with Crippen molar-refractivity contribution in [3.63, 3.8) is 0 Å². The van der Waals surface area contributed by atoms with Crippen molar-refractivity contribution in [3.8, 4) is 0 Å². The summed E-state index contributed by atoms with van der Waals surface area (Å²) in [5, 5.41) is 6.64. The molecule has 1 heterocycles. The lowest BCUT2D eigenvalue weighted by molar-refractivity contribution is 0.580. The lowest BCUT2D eigenvalue weighted by atomic mass is 9.98. The Bertz CT molecular complexity index is 334. The van der Waals surface area contributed by atoms with E-state index in [0.29, 0.717) is 0 Å². The maximum absolute atomic E-state index is 4.60. The normalized spacial score (nSPS) is 11.7. The van der Waals surface area contributed by atoms with Crippen molar-refractivity contribution in [1.82, 2.24) is 10.3 Å². The SMILES string of the molecule is C=C(C)CNCc1csc(C(C)(C)C)n1. The summed E-state index contributed by atoms with van der Waals surface area (Å²) in [5.74, 6) is 0. The predicted molar refractivity (Wildman–Crippen MR) is 67.3 cm³/mol. The van der Waals surface area contributed by atoms with Crippen LogP contribution in [0.3, 0.4) is 0 Å². The zero-order valence-electron chi connectivity index (χ0n) is 10.1. The second kappa shape index (κ2) is 4.90. The summed E-state index contributed by atoms with van der Waals surface area (Å²) in [6.07, 6.45) is 0. The molecule has 3 heteroatoms. The molecule has 0 atom stereocenters. The maximum atomic E-state index is 4.60. The lowest BCUT2D eigenvalue weighted by Crippen LogP contribution is -2.16. The van der Waals surface area contributed by atoms with Crippen LogP contribution in [0.1, 0.15) is 38.4 Å². The van der Waals surface area contributed by atoms with Gasteiger partial charge in [0.15, 0.2) is 0 Å². The van der Waals surface area contributed by atoms with Crippen LogP contribution in [-0.4, -0.2) is 11.5 Å². The van der Waals surface area contributed by atoms with Crippen molar-refractivity contribution in [1.29, 1.82) is 0 Å². The van der Waals surface area contributed by atoms with Gasteiger partial charge in [0.05, 0.1) is 10.7 Å². The van der Waals surface area contributed by atoms with E-state index in [1.54, 1.807) is 11.3 Å². The minimum absolute atomic E-state index is 0.164. The van der Waals surface area contributed by atoms with Gasteiger partial charge in [0.25, 0.3) is 0 Å². The molecule has 0 bridgehead atoms. The molecule has 0 fully saturated rings. The van der Waals surface area contributed by atoms with Gasteiger partial charge in [-0.3, -0.25) is 0 Å². The van der Waals surface area contributed by atoms with Crippen molar-refractivity contribution in [2.75, 3.05) is 6.54 Å². The zero-order valence-corrected chi connectivity index (χ0v) is 10.9. The van der Waals surface area contributed by atoms with E-state index < -0.39 is 0 Å². The van der Waals surface area contributed by atoms with Crippen LogP contribution in [-0.2, 0) is 12.0 Å². The molecule has 1 aromatic heterocycles. The molecule has 0 unspecified atom stereocenters. The van der Waals surface area contributed by atoms with E-state index in [2.05, 4.69) is 43.0 Å². The quantitative estimate of drug-likeness (QED) is 0.795. The molecule has 0 saturated carbocycles. The van der Waals surface area contributed by atoms with E-state index >= 15 is 0 Å². The van der Waals surface area contributed by atoms with Gasteiger partial charge in [-0.05, 0) is 6.92 Å². The summed E-state index contributed by atoms with van der Waals surface area (Å²) in [5.41, 5.74) is 2.45. The first-order valence-electron chi connectivity index (χ1n) is 5.19. The molecule has 0 saturated heterocycles. The second-order valence-electron chi connectivity index (χ2n) is 4.95. The fourth-order valence-electron chi connectivity index (χ4n) is 1.14. The summed E-state index contributed by atoms with van der Waals surface area (Å²) in [7, 11) is 0. The fourth-order valence-corrected chi connectivity index (χ4v) is 2.04. The molecule has 0 spiro atoms. The topological polar surface area (TPSA) is 24.9 Å². The smallest absolute Gasteiger partial charge is 0.0982 e. The van der Waals surface area contributed by atoms with E-state index in [1.807, 2.05) is 6.92 Å². The summed E-state index contributed by atoms with van der Waals surface area (Å²) in [6, 6.07) is 0. The molecule has 1 aromatic rings. The largest absolute Gasteiger partial charge is 0.307 e. The van der Waals surface area contributed by atoms with Crippen LogP contribution in [0, 0.1) is 0 Å². The maximum Gasteiger partial charge on any atom is 0.0982 e. The Kier molecular flexibility index (Phi) is 4.05. The Hall–Kier alpha value is -0.670. The van der Waals surface area contributed by atoms with Gasteiger partial charge in [-0.25, -0.2) is 4.98 Å². The van der Waals surface area contributed by atoms with Gasteiger partial charge in [0.1, 0.15) is 0 Å². The molecule has 0 aliphatic rings. The van der Waals surface area contributed by atoms with Crippen molar-refractivity contribution in [2.24, 2.45) is 0 Å². The Morgan fingerprint density at radius 1 is 1.53 bits per heavy atom. The Morgan fingerprint density at radius 3 is 2.67 bits per heavy atom. The van der Waals surface area contributed by atoms with Crippen LogP contribution >= 0.6 is 11.3 Å². The Morgan fingerprint density at radius 2 is 2.20 bits per heavy atom. The average molecular weight is 224 g/mol. The third kappa shape index (κ3) is 4.14. The molecular formula is C12H20N2S. The first-order valence-corrected chi connectivity index (χ1v) is 6.07. The van der Waals surface area contributed by atoms with Gasteiger partial charge in [-0.2, -0.15) is 0 Å². The molecular weight excluding hydrogens is 204 g/mol. The van der Waals surface area contributed by atoms with E-state index in [-0.39, 0.29) is 5.41 Å². The van der Waals surface area contributed by atoms with Gasteiger partial charge >= 0.3 is 0 Å². The average Bonchev–Trinajstić information content (AvgIpc) is 2.51. The number of hydrogen-bond donors (Lipinski definition) is 1. The zero-order chi connectivity index (χ0) is 11.5. The molecule has 0 aromatic carbocycles. The first kappa shape index (κ1) is 12.4. The van der Waals surface area contributed by atoms with Crippen LogP contribution in [0.25, 0.3) is 0 Å². The Balaban J connectivity index is 2.50. The fraction of sp³-hybridized carbons (Fsp3) is 0.583. The molecule has 0 amide bonds. The van der Waals surface area contributed by atoms with Crippen molar-refractivity contribution in [3.05, 3.63) is 28.2 Å². The van der Waals surface area contributed by atoms with E-state index in [0.717, 1.165) is 24.4 Å². The molecule has 0 aliphatic heterocycles. The van der Waals surface area contributed by atoms with Crippen LogP contribution in [0.4, 0.5) is 0 Å². The number of thiazole rings is 1. The van der Waals surface area contributed by atoms with Gasteiger partial charge in [-0.1, -0.05) is 32.9 Å². The highest BCUT2D eigenvalue weighted by atomic mass is 32.1. The lowest BCUT2D eigenvalue weighted by Gasteiger charge is -2.13. The highest BCUT2D eigenvalue weighted by molar-refractivity contribution is 7.09. The van der Waals surface area contributed by atoms with E-state index in [1.165, 1.54) is 5.01 Å². The molecule has 0 radical (unpaired) electrons. The van der Waals surface area contributed by atoms with Crippen LogP contribution in [0.15, 0.2) is 17.5 Å². The summed E-state index contributed by atoms with van der Waals surface area (Å²) in [4.78, 5) is 4.60. The molecule has 1 N–H and O–H groups in total. The molecule has 15 heavy (non-hydrogen) atoms. The molecule has 84 valence electrons. The molecule has 2 nitrogen and oxygen atoms in total. The highest BCUT2D eigenvalue weighted by Gasteiger charge is 2.17. The van der Waals surface area contributed by atoms with Gasteiger partial charge in [0, 0.05) is 23.9 Å². The molecule has 1 rings (SSSR count). The van der Waals surface area contributed by atoms with Crippen molar-refractivity contribution >= 4 is 11.3 Å². The minimum atomic E-state index is 0.164. The third-order valence-electron chi connectivity index (χ3n) is 1.93. The third-order valence-corrected chi connectivity index (χ3v) is 3.24. The van der Waals surface area contributed by atoms with Gasteiger partial charge in [-0.15, -0.1) is 11.3 Å². The van der Waals surface area contributed by atoms with Crippen LogP contribution in [0.5, 0.6) is 0 Å². The number of nitrogens with one attached hydrogen (secondary N) is 1. The number of rotatable bonds is 4. The monoisotopic (exact) mass is 224 g/mol. The molecule has 0 aliphatic carbocycles. The standard InChI is InChI=1S/C12H20N2S/c1-9(2)6-13-7-10-8-15-11(14-10)12(3,4)5/h8,13H,1,6-7H2,2-5H3. The highest BCUT2D eigenvalue weighted by Crippen LogP contribution is 2.25. The summed E-state index contributed by atoms with van der Waals surface area (Å²) in [6.45, 7) is 14.1. The first-order chi connectivity index (χ1) is 6.89. The second-order valence-corrected chi connectivity index (χ2v) is 5.81. The van der Waals surface area contributed by atoms with Crippen LogP contribution in [0.2, 0.25) is 0 Å². The minimum Gasteiger partial charge on any atom is -0.307 e. The predicted octanol–water partition coefficient (Wildman–Crippen LogP) is 3.11. The van der Waals surface area contributed by atoms with Crippen molar-refractivity contribution in [2.45, 2.75) is 39.7 Å². The number of nitrogens with zero attached hydrogens (tertiary/aromatic N) is 1. The number of hydrogen-bond acceptors (Lipinski definition) is 3. The summed E-state index contributed by atoms with van der Waals surface area (Å²) < 4.78 is 0. The Labute approximate surface area is 96.4 Å². The summed E-state index contributed by atoms with van der Waals surface area (Å²) >= 11 is 1.74. The van der Waals surface area contributed by atoms with E-state index in [4.69, 9.17) is 0 Å². The van der Waals surface area contributed by atoms with E-state index in [9.17, 15) is 0 Å². The van der Waals surface area contributed by atoms with Crippen LogP contribution < -0.4 is 5.32 Å². The van der Waals surface area contributed by atoms with Gasteiger partial charge in [0.2, 0.25) is 0 Å². The van der Waals surface area contributed by atoms with Gasteiger partial charge < -0.3 is 5.32 Å². The van der Waals surface area contributed by atoms with Crippen molar-refractivity contribution < 1.29 is 0 Å².